The van der Waals surface area contributed by atoms with Crippen molar-refractivity contribution in [3.05, 3.63) is 34.5 Å². The zero-order chi connectivity index (χ0) is 10.8. The van der Waals surface area contributed by atoms with Gasteiger partial charge in [0.25, 0.3) is 0 Å². The van der Waals surface area contributed by atoms with Crippen molar-refractivity contribution in [3.63, 3.8) is 0 Å². The van der Waals surface area contributed by atoms with Crippen LogP contribution in [0.25, 0.3) is 10.9 Å². The van der Waals surface area contributed by atoms with E-state index in [-0.39, 0.29) is 0 Å². The van der Waals surface area contributed by atoms with Gasteiger partial charge in [0.1, 0.15) is 0 Å². The summed E-state index contributed by atoms with van der Waals surface area (Å²) in [6, 6.07) is 6.20. The second-order valence-corrected chi connectivity index (χ2v) is 4.19. The van der Waals surface area contributed by atoms with Crippen LogP contribution in [0.15, 0.2) is 18.2 Å². The minimum atomic E-state index is 0.824. The topological polar surface area (TPSA) is 27.8 Å². The lowest BCUT2D eigenvalue weighted by Gasteiger charge is -1.98. The molecule has 0 aliphatic carbocycles. The number of fused-ring (bicyclic) bond motifs is 1. The van der Waals surface area contributed by atoms with Gasteiger partial charge in [-0.25, -0.2) is 0 Å². The summed E-state index contributed by atoms with van der Waals surface area (Å²) >= 11 is 6.07. The van der Waals surface area contributed by atoms with Crippen molar-refractivity contribution >= 4 is 22.5 Å². The second-order valence-electron chi connectivity index (χ2n) is 3.78. The average Bonchev–Trinajstić information content (AvgIpc) is 2.64. The van der Waals surface area contributed by atoms with Crippen molar-refractivity contribution in [3.8, 4) is 0 Å². The molecular weight excluding hydrogens is 208 g/mol. The van der Waals surface area contributed by atoms with Crippen LogP contribution in [0, 0.1) is 6.92 Å². The van der Waals surface area contributed by atoms with E-state index in [9.17, 15) is 0 Å². The predicted molar refractivity (Wildman–Crippen MR) is 65.7 cm³/mol. The van der Waals surface area contributed by atoms with Crippen LogP contribution in [0.4, 0.5) is 0 Å². The molecule has 0 saturated heterocycles. The first-order chi connectivity index (χ1) is 7.22. The van der Waals surface area contributed by atoms with Gasteiger partial charge in [-0.05, 0) is 38.1 Å². The number of aromatic nitrogens is 1. The number of benzene rings is 1. The van der Waals surface area contributed by atoms with E-state index in [2.05, 4.69) is 22.4 Å². The Hall–Kier alpha value is -0.990. The Labute approximate surface area is 94.6 Å². The first-order valence-electron chi connectivity index (χ1n) is 5.13. The molecule has 0 fully saturated rings. The Morgan fingerprint density at radius 3 is 2.93 bits per heavy atom. The van der Waals surface area contributed by atoms with Crippen molar-refractivity contribution in [2.75, 3.05) is 13.6 Å². The van der Waals surface area contributed by atoms with Crippen LogP contribution in [0.1, 0.15) is 11.3 Å². The summed E-state index contributed by atoms with van der Waals surface area (Å²) in [4.78, 5) is 3.42. The average molecular weight is 223 g/mol. The van der Waals surface area contributed by atoms with Crippen molar-refractivity contribution in [1.82, 2.24) is 10.3 Å². The van der Waals surface area contributed by atoms with E-state index in [1.54, 1.807) is 0 Å². The van der Waals surface area contributed by atoms with Crippen LogP contribution in [0.3, 0.4) is 0 Å². The Morgan fingerprint density at radius 2 is 2.20 bits per heavy atom. The molecule has 2 N–H and O–H groups in total. The maximum Gasteiger partial charge on any atom is 0.0500 e. The van der Waals surface area contributed by atoms with E-state index < -0.39 is 0 Å². The summed E-state index contributed by atoms with van der Waals surface area (Å²) < 4.78 is 0. The number of likely N-dealkylation sites (N-methyl/N-ethyl adjacent to an activating group) is 1. The summed E-state index contributed by atoms with van der Waals surface area (Å²) in [6.45, 7) is 3.03. The predicted octanol–water partition coefficient (Wildman–Crippen LogP) is 2.89. The standard InChI is InChI=1S/C12H15ClN2/c1-8-11(13)4-3-9-7-10(5-6-14-2)15-12(8)9/h3-4,7,14-15H,5-6H2,1-2H3. The molecule has 0 amide bonds. The third-order valence-electron chi connectivity index (χ3n) is 2.69. The third-order valence-corrected chi connectivity index (χ3v) is 3.10. The van der Waals surface area contributed by atoms with Gasteiger partial charge in [-0.2, -0.15) is 0 Å². The fourth-order valence-electron chi connectivity index (χ4n) is 1.77. The van der Waals surface area contributed by atoms with E-state index >= 15 is 0 Å². The SMILES string of the molecule is CNCCc1cc2ccc(Cl)c(C)c2[nH]1. The molecule has 1 heterocycles. The Kier molecular flexibility index (Phi) is 2.98. The number of nitrogens with one attached hydrogen (secondary N) is 2. The lowest BCUT2D eigenvalue weighted by molar-refractivity contribution is 0.781. The molecule has 2 rings (SSSR count). The summed E-state index contributed by atoms with van der Waals surface area (Å²) in [5, 5.41) is 5.20. The first kappa shape index (κ1) is 10.5. The highest BCUT2D eigenvalue weighted by molar-refractivity contribution is 6.32. The number of H-pyrrole nitrogens is 1. The minimum Gasteiger partial charge on any atom is -0.358 e. The monoisotopic (exact) mass is 222 g/mol. The molecule has 0 aliphatic heterocycles. The number of hydrogen-bond acceptors (Lipinski definition) is 1. The van der Waals surface area contributed by atoms with Gasteiger partial charge < -0.3 is 10.3 Å². The van der Waals surface area contributed by atoms with Gasteiger partial charge in [0.15, 0.2) is 0 Å². The summed E-state index contributed by atoms with van der Waals surface area (Å²) in [7, 11) is 1.96. The van der Waals surface area contributed by atoms with Crippen LogP contribution in [-0.4, -0.2) is 18.6 Å². The lowest BCUT2D eigenvalue weighted by Crippen LogP contribution is -2.10. The van der Waals surface area contributed by atoms with Gasteiger partial charge in [-0.15, -0.1) is 0 Å². The number of aryl methyl sites for hydroxylation is 1. The molecule has 0 spiro atoms. The van der Waals surface area contributed by atoms with E-state index in [1.807, 2.05) is 20.0 Å². The fraction of sp³-hybridized carbons (Fsp3) is 0.333. The van der Waals surface area contributed by atoms with E-state index in [0.29, 0.717) is 0 Å². The van der Waals surface area contributed by atoms with Crippen molar-refractivity contribution in [2.24, 2.45) is 0 Å². The maximum absolute atomic E-state index is 6.07. The van der Waals surface area contributed by atoms with E-state index in [1.165, 1.54) is 11.1 Å². The van der Waals surface area contributed by atoms with Crippen LogP contribution in [0.2, 0.25) is 5.02 Å². The molecule has 1 aromatic heterocycles. The van der Waals surface area contributed by atoms with Gasteiger partial charge in [0.2, 0.25) is 0 Å². The van der Waals surface area contributed by atoms with Crippen LogP contribution in [0.5, 0.6) is 0 Å². The number of aromatic amines is 1. The van der Waals surface area contributed by atoms with Gasteiger partial charge >= 0.3 is 0 Å². The molecule has 15 heavy (non-hydrogen) atoms. The molecule has 0 bridgehead atoms. The summed E-state index contributed by atoms with van der Waals surface area (Å²) in [6.07, 6.45) is 1.02. The molecule has 0 radical (unpaired) electrons. The smallest absolute Gasteiger partial charge is 0.0500 e. The van der Waals surface area contributed by atoms with Crippen LogP contribution in [-0.2, 0) is 6.42 Å². The van der Waals surface area contributed by atoms with Crippen molar-refractivity contribution in [1.29, 1.82) is 0 Å². The lowest BCUT2D eigenvalue weighted by atomic mass is 10.1. The Balaban J connectivity index is 2.42. The zero-order valence-corrected chi connectivity index (χ0v) is 9.78. The Bertz CT molecular complexity index is 474. The molecule has 0 atom stereocenters. The molecule has 0 saturated carbocycles. The second kappa shape index (κ2) is 4.25. The zero-order valence-electron chi connectivity index (χ0n) is 9.02. The maximum atomic E-state index is 6.07. The largest absolute Gasteiger partial charge is 0.358 e. The minimum absolute atomic E-state index is 0.824. The molecular formula is C12H15ClN2. The Morgan fingerprint density at radius 1 is 1.40 bits per heavy atom. The molecule has 2 aromatic rings. The highest BCUT2D eigenvalue weighted by Gasteiger charge is 2.05. The highest BCUT2D eigenvalue weighted by Crippen LogP contribution is 2.25. The van der Waals surface area contributed by atoms with Gasteiger partial charge in [0, 0.05) is 22.6 Å². The molecule has 80 valence electrons. The van der Waals surface area contributed by atoms with Crippen LogP contribution < -0.4 is 5.32 Å². The van der Waals surface area contributed by atoms with Crippen molar-refractivity contribution < 1.29 is 0 Å². The number of rotatable bonds is 3. The third kappa shape index (κ3) is 2.01. The van der Waals surface area contributed by atoms with Gasteiger partial charge in [0.05, 0.1) is 5.52 Å². The molecule has 0 aliphatic rings. The normalized spacial score (nSPS) is 11.1. The van der Waals surface area contributed by atoms with E-state index in [4.69, 9.17) is 11.6 Å². The number of hydrogen-bond donors (Lipinski definition) is 2. The fourth-order valence-corrected chi connectivity index (χ4v) is 1.93. The molecule has 3 heteroatoms. The number of halogens is 1. The highest BCUT2D eigenvalue weighted by atomic mass is 35.5. The molecule has 0 unspecified atom stereocenters. The summed E-state index contributed by atoms with van der Waals surface area (Å²) in [5.41, 5.74) is 3.54. The molecule has 1 aromatic carbocycles. The van der Waals surface area contributed by atoms with Gasteiger partial charge in [-0.3, -0.25) is 0 Å². The first-order valence-corrected chi connectivity index (χ1v) is 5.51. The van der Waals surface area contributed by atoms with Gasteiger partial charge in [-0.1, -0.05) is 17.7 Å². The van der Waals surface area contributed by atoms with Crippen LogP contribution >= 0.6 is 11.6 Å². The van der Waals surface area contributed by atoms with Crippen molar-refractivity contribution in [2.45, 2.75) is 13.3 Å². The molecule has 2 nitrogen and oxygen atoms in total. The quantitative estimate of drug-likeness (QED) is 0.821. The summed E-state index contributed by atoms with van der Waals surface area (Å²) in [5.74, 6) is 0. The van der Waals surface area contributed by atoms with E-state index in [0.717, 1.165) is 29.1 Å².